The molecule has 2 heterocycles. The number of hydrogen-bond donors (Lipinski definition) is 1. The molecule has 3 rings (SSSR count). The fraction of sp³-hybridized carbons (Fsp3) is 0.278. The molecule has 0 radical (unpaired) electrons. The van der Waals surface area contributed by atoms with Crippen molar-refractivity contribution < 1.29 is 9.59 Å². The van der Waals surface area contributed by atoms with E-state index in [0.717, 1.165) is 5.69 Å². The highest BCUT2D eigenvalue weighted by atomic mass is 35.5. The van der Waals surface area contributed by atoms with E-state index in [1.165, 1.54) is 0 Å². The fourth-order valence-corrected chi connectivity index (χ4v) is 3.14. The van der Waals surface area contributed by atoms with Crippen LogP contribution in [0.2, 0.25) is 10.0 Å². The average molecular weight is 393 g/mol. The predicted octanol–water partition coefficient (Wildman–Crippen LogP) is 3.31. The topological polar surface area (TPSA) is 65.5 Å². The van der Waals surface area contributed by atoms with Gasteiger partial charge in [-0.25, -0.2) is 0 Å². The van der Waals surface area contributed by atoms with Gasteiger partial charge in [0.15, 0.2) is 0 Å². The Hall–Kier alpha value is -2.31. The molecular formula is C18H18Cl2N4O2. The van der Waals surface area contributed by atoms with Crippen LogP contribution in [0.4, 0.5) is 11.4 Å². The highest BCUT2D eigenvalue weighted by Gasteiger charge is 2.20. The molecule has 6 nitrogen and oxygen atoms in total. The molecule has 1 aliphatic rings. The SMILES string of the molecule is CC(=O)N1CCN(c2ccnc(C(=O)Nc3cc(Cl)ccc3Cl)c2)CC1. The summed E-state index contributed by atoms with van der Waals surface area (Å²) in [4.78, 5) is 32.0. The molecule has 0 unspecified atom stereocenters. The lowest BCUT2D eigenvalue weighted by Crippen LogP contribution is -2.48. The summed E-state index contributed by atoms with van der Waals surface area (Å²) in [6.07, 6.45) is 1.60. The maximum atomic E-state index is 12.5. The Morgan fingerprint density at radius 3 is 2.50 bits per heavy atom. The Labute approximate surface area is 161 Å². The van der Waals surface area contributed by atoms with Crippen LogP contribution in [0.5, 0.6) is 0 Å². The summed E-state index contributed by atoms with van der Waals surface area (Å²) in [6, 6.07) is 8.45. The second-order valence-electron chi connectivity index (χ2n) is 5.97. The smallest absolute Gasteiger partial charge is 0.274 e. The van der Waals surface area contributed by atoms with Crippen LogP contribution in [0.1, 0.15) is 17.4 Å². The third-order valence-electron chi connectivity index (χ3n) is 4.24. The summed E-state index contributed by atoms with van der Waals surface area (Å²) < 4.78 is 0. The van der Waals surface area contributed by atoms with E-state index in [9.17, 15) is 9.59 Å². The van der Waals surface area contributed by atoms with Gasteiger partial charge in [-0.05, 0) is 30.3 Å². The van der Waals surface area contributed by atoms with Crippen LogP contribution in [0.15, 0.2) is 36.5 Å². The van der Waals surface area contributed by atoms with Crippen LogP contribution in [0.3, 0.4) is 0 Å². The minimum atomic E-state index is -0.363. The van der Waals surface area contributed by atoms with Crippen molar-refractivity contribution in [1.29, 1.82) is 0 Å². The van der Waals surface area contributed by atoms with Gasteiger partial charge in [0.2, 0.25) is 5.91 Å². The van der Waals surface area contributed by atoms with Crippen molar-refractivity contribution in [1.82, 2.24) is 9.88 Å². The van der Waals surface area contributed by atoms with Gasteiger partial charge in [-0.2, -0.15) is 0 Å². The minimum Gasteiger partial charge on any atom is -0.368 e. The molecule has 0 bridgehead atoms. The average Bonchev–Trinajstić information content (AvgIpc) is 2.65. The number of hydrogen-bond acceptors (Lipinski definition) is 4. The molecule has 0 atom stereocenters. The number of piperazine rings is 1. The molecule has 1 aliphatic heterocycles. The summed E-state index contributed by atoms with van der Waals surface area (Å²) in [7, 11) is 0. The van der Waals surface area contributed by atoms with Gasteiger partial charge in [-0.1, -0.05) is 23.2 Å². The molecule has 0 saturated carbocycles. The monoisotopic (exact) mass is 392 g/mol. The number of nitrogens with zero attached hydrogens (tertiary/aromatic N) is 3. The van der Waals surface area contributed by atoms with E-state index in [-0.39, 0.29) is 17.5 Å². The number of aromatic nitrogens is 1. The number of nitrogens with one attached hydrogen (secondary N) is 1. The number of halogens is 2. The second-order valence-corrected chi connectivity index (χ2v) is 6.81. The van der Waals surface area contributed by atoms with E-state index in [0.29, 0.717) is 41.9 Å². The Bertz CT molecular complexity index is 836. The number of rotatable bonds is 3. The van der Waals surface area contributed by atoms with Gasteiger partial charge in [0.25, 0.3) is 5.91 Å². The Morgan fingerprint density at radius 1 is 1.08 bits per heavy atom. The number of carbonyl (C=O) groups excluding carboxylic acids is 2. The van der Waals surface area contributed by atoms with Crippen LogP contribution < -0.4 is 10.2 Å². The van der Waals surface area contributed by atoms with Crippen LogP contribution in [-0.2, 0) is 4.79 Å². The lowest BCUT2D eigenvalue weighted by atomic mass is 10.2. The third kappa shape index (κ3) is 4.26. The lowest BCUT2D eigenvalue weighted by Gasteiger charge is -2.35. The first kappa shape index (κ1) is 18.5. The maximum absolute atomic E-state index is 12.5. The van der Waals surface area contributed by atoms with Gasteiger partial charge < -0.3 is 15.1 Å². The standard InChI is InChI=1S/C18H18Cl2N4O2/c1-12(25)23-6-8-24(9-7-23)14-4-5-21-17(11-14)18(26)22-16-10-13(19)2-3-15(16)20/h2-5,10-11H,6-9H2,1H3,(H,22,26). The summed E-state index contributed by atoms with van der Waals surface area (Å²) >= 11 is 12.0. The molecule has 1 N–H and O–H groups in total. The van der Waals surface area contributed by atoms with E-state index >= 15 is 0 Å². The van der Waals surface area contributed by atoms with Crippen molar-refractivity contribution in [2.45, 2.75) is 6.92 Å². The molecule has 2 amide bonds. The Balaban J connectivity index is 1.72. The predicted molar refractivity (Wildman–Crippen MR) is 103 cm³/mol. The third-order valence-corrected chi connectivity index (χ3v) is 4.81. The number of amides is 2. The molecule has 1 fully saturated rings. The van der Waals surface area contributed by atoms with Gasteiger partial charge in [-0.3, -0.25) is 14.6 Å². The summed E-state index contributed by atoms with van der Waals surface area (Å²) in [5, 5.41) is 3.61. The van der Waals surface area contributed by atoms with Gasteiger partial charge >= 0.3 is 0 Å². The van der Waals surface area contributed by atoms with Crippen LogP contribution >= 0.6 is 23.2 Å². The largest absolute Gasteiger partial charge is 0.368 e. The Morgan fingerprint density at radius 2 is 1.81 bits per heavy atom. The quantitative estimate of drug-likeness (QED) is 0.869. The van der Waals surface area contributed by atoms with Crippen LogP contribution in [-0.4, -0.2) is 47.9 Å². The number of carbonyl (C=O) groups is 2. The van der Waals surface area contributed by atoms with E-state index in [2.05, 4.69) is 15.2 Å². The van der Waals surface area contributed by atoms with Crippen molar-refractivity contribution in [2.75, 3.05) is 36.4 Å². The maximum Gasteiger partial charge on any atom is 0.274 e. The lowest BCUT2D eigenvalue weighted by molar-refractivity contribution is -0.129. The second kappa shape index (κ2) is 7.93. The molecule has 0 aliphatic carbocycles. The fourth-order valence-electron chi connectivity index (χ4n) is 2.80. The number of pyridine rings is 1. The van der Waals surface area contributed by atoms with Crippen molar-refractivity contribution in [3.63, 3.8) is 0 Å². The van der Waals surface area contributed by atoms with Gasteiger partial charge in [-0.15, -0.1) is 0 Å². The van der Waals surface area contributed by atoms with E-state index in [1.807, 2.05) is 11.0 Å². The minimum absolute atomic E-state index is 0.0813. The molecular weight excluding hydrogens is 375 g/mol. The molecule has 0 spiro atoms. The van der Waals surface area contributed by atoms with E-state index in [1.54, 1.807) is 37.4 Å². The summed E-state index contributed by atoms with van der Waals surface area (Å²) in [6.45, 7) is 4.33. The highest BCUT2D eigenvalue weighted by molar-refractivity contribution is 6.35. The molecule has 1 aromatic heterocycles. The molecule has 8 heteroatoms. The van der Waals surface area contributed by atoms with Gasteiger partial charge in [0.05, 0.1) is 10.7 Å². The van der Waals surface area contributed by atoms with E-state index in [4.69, 9.17) is 23.2 Å². The molecule has 136 valence electrons. The zero-order valence-corrected chi connectivity index (χ0v) is 15.7. The molecule has 2 aromatic rings. The first-order chi connectivity index (χ1) is 12.4. The zero-order chi connectivity index (χ0) is 18.7. The summed E-state index contributed by atoms with van der Waals surface area (Å²) in [5.74, 6) is -0.281. The first-order valence-electron chi connectivity index (χ1n) is 8.17. The highest BCUT2D eigenvalue weighted by Crippen LogP contribution is 2.26. The van der Waals surface area contributed by atoms with Gasteiger partial charge in [0.1, 0.15) is 5.69 Å². The van der Waals surface area contributed by atoms with Gasteiger partial charge in [0, 0.05) is 50.0 Å². The molecule has 26 heavy (non-hydrogen) atoms. The van der Waals surface area contributed by atoms with Crippen molar-refractivity contribution >= 4 is 46.4 Å². The van der Waals surface area contributed by atoms with Crippen LogP contribution in [0, 0.1) is 0 Å². The molecule has 1 aromatic carbocycles. The van der Waals surface area contributed by atoms with E-state index < -0.39 is 0 Å². The molecule has 1 saturated heterocycles. The summed E-state index contributed by atoms with van der Waals surface area (Å²) in [5.41, 5.74) is 1.62. The Kier molecular flexibility index (Phi) is 5.64. The number of benzene rings is 1. The van der Waals surface area contributed by atoms with Crippen LogP contribution in [0.25, 0.3) is 0 Å². The normalized spacial score (nSPS) is 14.3. The number of anilines is 2. The van der Waals surface area contributed by atoms with Crippen molar-refractivity contribution in [3.05, 3.63) is 52.3 Å². The first-order valence-corrected chi connectivity index (χ1v) is 8.92. The zero-order valence-electron chi connectivity index (χ0n) is 14.2. The van der Waals surface area contributed by atoms with Crippen molar-refractivity contribution in [3.8, 4) is 0 Å². The van der Waals surface area contributed by atoms with Crippen molar-refractivity contribution in [2.24, 2.45) is 0 Å².